The number of nitrogens with zero attached hydrogens (tertiary/aromatic N) is 1. The number of hydrogen-bond donors (Lipinski definition) is 1. The van der Waals surface area contributed by atoms with Crippen LogP contribution in [0.15, 0.2) is 0 Å². The van der Waals surface area contributed by atoms with E-state index in [-0.39, 0.29) is 5.54 Å². The first-order chi connectivity index (χ1) is 4.91. The van der Waals surface area contributed by atoms with Gasteiger partial charge in [-0.15, -0.1) is 11.3 Å². The second-order valence-electron chi connectivity index (χ2n) is 3.10. The quantitative estimate of drug-likeness (QED) is 0.738. The molecule has 11 heavy (non-hydrogen) atoms. The van der Waals surface area contributed by atoms with E-state index in [9.17, 15) is 0 Å². The third kappa shape index (κ3) is 1.92. The van der Waals surface area contributed by atoms with Crippen molar-refractivity contribution in [1.29, 1.82) is 0 Å². The number of aromatic nitrogens is 1. The molecule has 0 atom stereocenters. The highest BCUT2D eigenvalue weighted by molar-refractivity contribution is 7.16. The molecule has 0 fully saturated rings. The topological polar surface area (TPSA) is 38.9 Å². The maximum absolute atomic E-state index is 5.88. The number of nitrogens with two attached hydrogens (primary N) is 1. The highest BCUT2D eigenvalue weighted by Crippen LogP contribution is 2.29. The SMILES string of the molecule is Cc1nc(Cl)sc1C(C)(C)N. The van der Waals surface area contributed by atoms with E-state index in [0.29, 0.717) is 4.47 Å². The van der Waals surface area contributed by atoms with Crippen LogP contribution < -0.4 is 5.73 Å². The Morgan fingerprint density at radius 1 is 1.55 bits per heavy atom. The van der Waals surface area contributed by atoms with Crippen LogP contribution in [-0.4, -0.2) is 4.98 Å². The Morgan fingerprint density at radius 2 is 2.09 bits per heavy atom. The fourth-order valence-corrected chi connectivity index (χ4v) is 2.13. The van der Waals surface area contributed by atoms with Crippen LogP contribution in [0.1, 0.15) is 24.4 Å². The Bertz CT molecular complexity index is 262. The van der Waals surface area contributed by atoms with E-state index >= 15 is 0 Å². The van der Waals surface area contributed by atoms with Crippen molar-refractivity contribution in [2.45, 2.75) is 26.3 Å². The third-order valence-corrected chi connectivity index (χ3v) is 2.96. The Hall–Kier alpha value is -0.120. The fourth-order valence-electron chi connectivity index (χ4n) is 0.961. The molecule has 0 radical (unpaired) electrons. The van der Waals surface area contributed by atoms with Gasteiger partial charge in [0.1, 0.15) is 0 Å². The lowest BCUT2D eigenvalue weighted by Gasteiger charge is -2.16. The van der Waals surface area contributed by atoms with Crippen molar-refractivity contribution in [3.8, 4) is 0 Å². The number of halogens is 1. The van der Waals surface area contributed by atoms with E-state index < -0.39 is 0 Å². The van der Waals surface area contributed by atoms with Crippen LogP contribution in [0.4, 0.5) is 0 Å². The van der Waals surface area contributed by atoms with Gasteiger partial charge in [0.15, 0.2) is 4.47 Å². The molecule has 0 spiro atoms. The zero-order chi connectivity index (χ0) is 8.65. The van der Waals surface area contributed by atoms with E-state index in [1.807, 2.05) is 20.8 Å². The molecule has 0 aliphatic carbocycles. The van der Waals surface area contributed by atoms with Gasteiger partial charge < -0.3 is 5.73 Å². The maximum atomic E-state index is 5.88. The summed E-state index contributed by atoms with van der Waals surface area (Å²) in [5.74, 6) is 0. The summed E-state index contributed by atoms with van der Waals surface area (Å²) >= 11 is 7.17. The summed E-state index contributed by atoms with van der Waals surface area (Å²) < 4.78 is 0.566. The minimum absolute atomic E-state index is 0.325. The molecule has 0 aliphatic rings. The van der Waals surface area contributed by atoms with Gasteiger partial charge in [-0.3, -0.25) is 0 Å². The average molecular weight is 191 g/mol. The first-order valence-corrected chi connectivity index (χ1v) is 4.53. The zero-order valence-corrected chi connectivity index (χ0v) is 8.38. The summed E-state index contributed by atoms with van der Waals surface area (Å²) in [7, 11) is 0. The van der Waals surface area contributed by atoms with Gasteiger partial charge in [0.2, 0.25) is 0 Å². The Kier molecular flexibility index (Phi) is 2.23. The van der Waals surface area contributed by atoms with Crippen LogP contribution in [0.3, 0.4) is 0 Å². The van der Waals surface area contributed by atoms with E-state index in [0.717, 1.165) is 10.6 Å². The van der Waals surface area contributed by atoms with E-state index in [1.165, 1.54) is 11.3 Å². The Morgan fingerprint density at radius 3 is 2.27 bits per heavy atom. The van der Waals surface area contributed by atoms with Gasteiger partial charge in [0.25, 0.3) is 0 Å². The maximum Gasteiger partial charge on any atom is 0.184 e. The molecule has 1 rings (SSSR count). The molecule has 1 aromatic rings. The molecule has 1 heterocycles. The molecule has 0 saturated carbocycles. The van der Waals surface area contributed by atoms with Gasteiger partial charge in [-0.25, -0.2) is 4.98 Å². The molecule has 0 amide bonds. The summed E-state index contributed by atoms with van der Waals surface area (Å²) in [5, 5.41) is 0. The van der Waals surface area contributed by atoms with Gasteiger partial charge in [-0.1, -0.05) is 11.6 Å². The molecule has 0 aliphatic heterocycles. The van der Waals surface area contributed by atoms with Gasteiger partial charge >= 0.3 is 0 Å². The fraction of sp³-hybridized carbons (Fsp3) is 0.571. The summed E-state index contributed by atoms with van der Waals surface area (Å²) in [6.07, 6.45) is 0. The van der Waals surface area contributed by atoms with E-state index in [1.54, 1.807) is 0 Å². The molecule has 2 N–H and O–H groups in total. The molecule has 2 nitrogen and oxygen atoms in total. The predicted molar refractivity (Wildman–Crippen MR) is 49.1 cm³/mol. The van der Waals surface area contributed by atoms with Gasteiger partial charge in [0.05, 0.1) is 5.69 Å². The standard InChI is InChI=1S/C7H11ClN2S/c1-4-5(7(2,3)9)11-6(8)10-4/h9H2,1-3H3. The van der Waals surface area contributed by atoms with Crippen molar-refractivity contribution in [2.24, 2.45) is 5.73 Å². The largest absolute Gasteiger partial charge is 0.321 e. The molecule has 0 saturated heterocycles. The van der Waals surface area contributed by atoms with Gasteiger partial charge in [-0.2, -0.15) is 0 Å². The number of aryl methyl sites for hydroxylation is 1. The highest BCUT2D eigenvalue weighted by Gasteiger charge is 2.20. The third-order valence-electron chi connectivity index (χ3n) is 1.36. The molecular formula is C7H11ClN2S. The van der Waals surface area contributed by atoms with Gasteiger partial charge in [0, 0.05) is 10.4 Å². The lowest BCUT2D eigenvalue weighted by atomic mass is 10.0. The molecule has 0 aromatic carbocycles. The smallest absolute Gasteiger partial charge is 0.184 e. The van der Waals surface area contributed by atoms with Crippen molar-refractivity contribution >= 4 is 22.9 Å². The predicted octanol–water partition coefficient (Wildman–Crippen LogP) is 2.30. The zero-order valence-electron chi connectivity index (χ0n) is 6.81. The van der Waals surface area contributed by atoms with Crippen LogP contribution in [0.2, 0.25) is 4.47 Å². The summed E-state index contributed by atoms with van der Waals surface area (Å²) in [5.41, 5.74) is 6.50. The van der Waals surface area contributed by atoms with Crippen molar-refractivity contribution in [3.63, 3.8) is 0 Å². The summed E-state index contributed by atoms with van der Waals surface area (Å²) in [4.78, 5) is 5.14. The monoisotopic (exact) mass is 190 g/mol. The Labute approximate surface area is 75.4 Å². The first kappa shape index (κ1) is 8.97. The van der Waals surface area contributed by atoms with E-state index in [2.05, 4.69) is 4.98 Å². The summed E-state index contributed by atoms with van der Waals surface area (Å²) in [6.45, 7) is 5.82. The Balaban J connectivity index is 3.13. The van der Waals surface area contributed by atoms with E-state index in [4.69, 9.17) is 17.3 Å². The molecule has 62 valence electrons. The number of thiazole rings is 1. The number of rotatable bonds is 1. The normalized spacial score (nSPS) is 12.1. The minimum Gasteiger partial charge on any atom is -0.321 e. The molecule has 0 bridgehead atoms. The van der Waals surface area contributed by atoms with Gasteiger partial charge in [-0.05, 0) is 20.8 Å². The molecule has 4 heteroatoms. The number of hydrogen-bond acceptors (Lipinski definition) is 3. The lowest BCUT2D eigenvalue weighted by molar-refractivity contribution is 0.562. The molecule has 1 aromatic heterocycles. The highest BCUT2D eigenvalue weighted by atomic mass is 35.5. The molecule has 0 unspecified atom stereocenters. The van der Waals surface area contributed by atoms with Crippen LogP contribution in [0, 0.1) is 6.92 Å². The van der Waals surface area contributed by atoms with Crippen LogP contribution in [-0.2, 0) is 5.54 Å². The summed E-state index contributed by atoms with van der Waals surface area (Å²) in [6, 6.07) is 0. The lowest BCUT2D eigenvalue weighted by Crippen LogP contribution is -2.28. The van der Waals surface area contributed by atoms with Crippen LogP contribution in [0.25, 0.3) is 0 Å². The molecular weight excluding hydrogens is 180 g/mol. The van der Waals surface area contributed by atoms with Crippen LogP contribution in [0.5, 0.6) is 0 Å². The minimum atomic E-state index is -0.325. The first-order valence-electron chi connectivity index (χ1n) is 3.33. The second kappa shape index (κ2) is 2.73. The van der Waals surface area contributed by atoms with Crippen molar-refractivity contribution in [2.75, 3.05) is 0 Å². The van der Waals surface area contributed by atoms with Crippen molar-refractivity contribution in [3.05, 3.63) is 15.0 Å². The van der Waals surface area contributed by atoms with Crippen molar-refractivity contribution in [1.82, 2.24) is 4.98 Å². The second-order valence-corrected chi connectivity index (χ2v) is 4.68. The van der Waals surface area contributed by atoms with Crippen LogP contribution >= 0.6 is 22.9 Å². The van der Waals surface area contributed by atoms with Crippen molar-refractivity contribution < 1.29 is 0 Å². The average Bonchev–Trinajstić information content (AvgIpc) is 2.08.